The Labute approximate surface area is 131 Å². The molecule has 1 atom stereocenters. The number of likely N-dealkylation sites (tertiary alicyclic amines) is 1. The molecule has 120 valence electrons. The van der Waals surface area contributed by atoms with Crippen molar-refractivity contribution >= 4 is 5.91 Å². The maximum absolute atomic E-state index is 11.9. The largest absolute Gasteiger partial charge is 0.388 e. The lowest BCUT2D eigenvalue weighted by atomic mass is 9.89. The lowest BCUT2D eigenvalue weighted by Gasteiger charge is -2.39. The number of hydrogen-bond acceptors (Lipinski definition) is 4. The van der Waals surface area contributed by atoms with Gasteiger partial charge in [0.05, 0.1) is 12.0 Å². The van der Waals surface area contributed by atoms with Crippen LogP contribution in [0.5, 0.6) is 0 Å². The lowest BCUT2D eigenvalue weighted by Crippen LogP contribution is -2.50. The van der Waals surface area contributed by atoms with Gasteiger partial charge in [-0.15, -0.1) is 0 Å². The summed E-state index contributed by atoms with van der Waals surface area (Å²) >= 11 is 0. The first-order valence-electron chi connectivity index (χ1n) is 7.53. The van der Waals surface area contributed by atoms with Gasteiger partial charge in [-0.25, -0.2) is 0 Å². The number of aliphatic hydroxyl groups is 1. The molecule has 0 aromatic carbocycles. The maximum Gasteiger partial charge on any atom is 0.224 e. The number of carbonyl (C=O) groups is 1. The highest BCUT2D eigenvalue weighted by molar-refractivity contribution is 5.76. The molecule has 0 radical (unpaired) electrons. The van der Waals surface area contributed by atoms with E-state index in [9.17, 15) is 9.90 Å². The van der Waals surface area contributed by atoms with Gasteiger partial charge in [-0.2, -0.15) is 5.26 Å². The Balaban J connectivity index is 2.01. The topological polar surface area (TPSA) is 72.5 Å². The van der Waals surface area contributed by atoms with Crippen molar-refractivity contribution < 1.29 is 9.90 Å². The fraction of sp³-hybridized carbons (Fsp3) is 0.625. The van der Waals surface area contributed by atoms with Crippen molar-refractivity contribution in [1.82, 2.24) is 14.4 Å². The molecular formula is C16H24N4O2. The summed E-state index contributed by atoms with van der Waals surface area (Å²) in [6.45, 7) is 2.08. The average molecular weight is 304 g/mol. The fourth-order valence-electron chi connectivity index (χ4n) is 3.01. The molecule has 0 aliphatic carbocycles. The summed E-state index contributed by atoms with van der Waals surface area (Å²) < 4.78 is 1.81. The van der Waals surface area contributed by atoms with Crippen LogP contribution >= 0.6 is 0 Å². The van der Waals surface area contributed by atoms with E-state index < -0.39 is 5.60 Å². The second kappa shape index (κ2) is 6.51. The summed E-state index contributed by atoms with van der Waals surface area (Å²) in [7, 11) is 5.27. The van der Waals surface area contributed by atoms with E-state index in [0.717, 1.165) is 18.5 Å². The highest BCUT2D eigenvalue weighted by atomic mass is 16.3. The summed E-state index contributed by atoms with van der Waals surface area (Å²) in [6, 6.07) is 4.03. The Bertz CT molecular complexity index is 587. The normalized spacial score (nSPS) is 22.3. The van der Waals surface area contributed by atoms with E-state index >= 15 is 0 Å². The minimum atomic E-state index is -0.952. The number of aromatic nitrogens is 1. The van der Waals surface area contributed by atoms with Crippen molar-refractivity contribution in [1.29, 1.82) is 5.26 Å². The quantitative estimate of drug-likeness (QED) is 0.889. The van der Waals surface area contributed by atoms with Crippen molar-refractivity contribution in [3.63, 3.8) is 0 Å². The van der Waals surface area contributed by atoms with Crippen molar-refractivity contribution in [3.05, 3.63) is 23.5 Å². The Kier molecular flexibility index (Phi) is 4.89. The first-order valence-corrected chi connectivity index (χ1v) is 7.53. The molecule has 0 spiro atoms. The van der Waals surface area contributed by atoms with E-state index in [4.69, 9.17) is 5.26 Å². The number of carbonyl (C=O) groups excluding carboxylic acids is 1. The zero-order valence-corrected chi connectivity index (χ0v) is 13.5. The third-order valence-corrected chi connectivity index (χ3v) is 4.20. The molecular weight excluding hydrogens is 280 g/mol. The third kappa shape index (κ3) is 3.87. The average Bonchev–Trinajstić information content (AvgIpc) is 2.78. The maximum atomic E-state index is 11.9. The number of nitriles is 1. The Hall–Kier alpha value is -1.84. The van der Waals surface area contributed by atoms with Gasteiger partial charge in [-0.1, -0.05) is 0 Å². The number of amides is 1. The van der Waals surface area contributed by atoms with E-state index in [-0.39, 0.29) is 12.3 Å². The number of nitrogens with zero attached hydrogens (tertiary/aromatic N) is 4. The predicted octanol–water partition coefficient (Wildman–Crippen LogP) is 0.702. The molecule has 2 rings (SSSR count). The number of piperidine rings is 1. The third-order valence-electron chi connectivity index (χ3n) is 4.20. The number of rotatable bonds is 4. The van der Waals surface area contributed by atoms with Gasteiger partial charge in [0.1, 0.15) is 11.8 Å². The van der Waals surface area contributed by atoms with Crippen molar-refractivity contribution in [2.75, 3.05) is 27.2 Å². The van der Waals surface area contributed by atoms with Gasteiger partial charge in [0, 0.05) is 40.4 Å². The van der Waals surface area contributed by atoms with Gasteiger partial charge in [-0.05, 0) is 31.0 Å². The molecule has 6 nitrogen and oxygen atoms in total. The summed E-state index contributed by atoms with van der Waals surface area (Å²) in [5.41, 5.74) is 0.735. The fourth-order valence-corrected chi connectivity index (χ4v) is 3.01. The second-order valence-electron chi connectivity index (χ2n) is 6.46. The van der Waals surface area contributed by atoms with Crippen molar-refractivity contribution in [3.8, 4) is 6.07 Å². The molecule has 1 aliphatic rings. The molecule has 22 heavy (non-hydrogen) atoms. The standard InChI is InChI=1S/C16H24N4O2/c1-18(2)15(21)8-16(22)5-4-6-20(12-16)11-13-7-14(9-17)19(3)10-13/h7,10,22H,4-6,8,11-12H2,1-3H3. The minimum absolute atomic E-state index is 0.0455. The van der Waals surface area contributed by atoms with Gasteiger partial charge in [-0.3, -0.25) is 9.69 Å². The number of aryl methyl sites for hydroxylation is 1. The first-order chi connectivity index (χ1) is 10.3. The molecule has 1 amide bonds. The second-order valence-corrected chi connectivity index (χ2v) is 6.46. The van der Waals surface area contributed by atoms with E-state index in [0.29, 0.717) is 25.2 Å². The van der Waals surface area contributed by atoms with Crippen molar-refractivity contribution in [2.45, 2.75) is 31.4 Å². The van der Waals surface area contributed by atoms with Crippen LogP contribution in [0.1, 0.15) is 30.5 Å². The summed E-state index contributed by atoms with van der Waals surface area (Å²) in [5.74, 6) is -0.0455. The zero-order chi connectivity index (χ0) is 16.3. The predicted molar refractivity (Wildman–Crippen MR) is 82.9 cm³/mol. The first kappa shape index (κ1) is 16.5. The Morgan fingerprint density at radius 3 is 2.86 bits per heavy atom. The Morgan fingerprint density at radius 1 is 1.55 bits per heavy atom. The van der Waals surface area contributed by atoms with Gasteiger partial charge in [0.25, 0.3) is 0 Å². The summed E-state index contributed by atoms with van der Waals surface area (Å²) in [6.07, 6.45) is 3.63. The van der Waals surface area contributed by atoms with E-state index in [1.54, 1.807) is 18.7 Å². The molecule has 1 saturated heterocycles. The van der Waals surface area contributed by atoms with Crippen LogP contribution in [0.2, 0.25) is 0 Å². The highest BCUT2D eigenvalue weighted by Crippen LogP contribution is 2.26. The summed E-state index contributed by atoms with van der Waals surface area (Å²) in [5, 5.41) is 19.7. The van der Waals surface area contributed by atoms with Crippen LogP contribution in [-0.2, 0) is 18.4 Å². The zero-order valence-electron chi connectivity index (χ0n) is 13.5. The van der Waals surface area contributed by atoms with Gasteiger partial charge >= 0.3 is 0 Å². The molecule has 2 heterocycles. The van der Waals surface area contributed by atoms with Gasteiger partial charge in [0.2, 0.25) is 5.91 Å². The molecule has 1 unspecified atom stereocenters. The molecule has 1 aliphatic heterocycles. The molecule has 0 saturated carbocycles. The summed E-state index contributed by atoms with van der Waals surface area (Å²) in [4.78, 5) is 15.6. The number of β-amino-alcohol motifs (C(OH)–C–C–N with tert-alkyl or cyclic N) is 1. The van der Waals surface area contributed by atoms with Crippen LogP contribution in [-0.4, -0.2) is 58.2 Å². The van der Waals surface area contributed by atoms with Crippen molar-refractivity contribution in [2.24, 2.45) is 7.05 Å². The van der Waals surface area contributed by atoms with Crippen LogP contribution in [0.25, 0.3) is 0 Å². The minimum Gasteiger partial charge on any atom is -0.388 e. The smallest absolute Gasteiger partial charge is 0.224 e. The van der Waals surface area contributed by atoms with Crippen LogP contribution < -0.4 is 0 Å². The van der Waals surface area contributed by atoms with Crippen LogP contribution in [0.3, 0.4) is 0 Å². The number of hydrogen-bond donors (Lipinski definition) is 1. The van der Waals surface area contributed by atoms with Crippen LogP contribution in [0, 0.1) is 11.3 Å². The SMILES string of the molecule is CN(C)C(=O)CC1(O)CCCN(Cc2cc(C#N)n(C)c2)C1. The molecule has 0 bridgehead atoms. The molecule has 1 aromatic heterocycles. The van der Waals surface area contributed by atoms with E-state index in [1.807, 2.05) is 19.3 Å². The molecule has 1 aromatic rings. The molecule has 6 heteroatoms. The van der Waals surface area contributed by atoms with Gasteiger partial charge in [0.15, 0.2) is 0 Å². The van der Waals surface area contributed by atoms with E-state index in [1.165, 1.54) is 4.90 Å². The van der Waals surface area contributed by atoms with Crippen LogP contribution in [0.4, 0.5) is 0 Å². The molecule has 1 fully saturated rings. The van der Waals surface area contributed by atoms with E-state index in [2.05, 4.69) is 11.0 Å². The lowest BCUT2D eigenvalue weighted by molar-refractivity contribution is -0.136. The van der Waals surface area contributed by atoms with Gasteiger partial charge < -0.3 is 14.6 Å². The monoisotopic (exact) mass is 304 g/mol. The highest BCUT2D eigenvalue weighted by Gasteiger charge is 2.35. The molecule has 1 N–H and O–H groups in total. The van der Waals surface area contributed by atoms with Crippen LogP contribution in [0.15, 0.2) is 12.3 Å². The Morgan fingerprint density at radius 2 is 2.27 bits per heavy atom.